The lowest BCUT2D eigenvalue weighted by molar-refractivity contribution is 0.679. The Morgan fingerprint density at radius 1 is 1.29 bits per heavy atom. The molecule has 1 atom stereocenters. The first-order valence-corrected chi connectivity index (χ1v) is 6.28. The predicted molar refractivity (Wildman–Crippen MR) is 60.9 cm³/mol. The molecular weight excluding hydrogens is 196 g/mol. The van der Waals surface area contributed by atoms with Gasteiger partial charge in [-0.05, 0) is 37.1 Å². The van der Waals surface area contributed by atoms with Gasteiger partial charge in [-0.3, -0.25) is 4.72 Å². The van der Waals surface area contributed by atoms with Crippen molar-refractivity contribution >= 4 is 15.6 Å². The third-order valence-electron chi connectivity index (χ3n) is 1.91. The van der Waals surface area contributed by atoms with E-state index in [1.54, 1.807) is 6.92 Å². The van der Waals surface area contributed by atoms with Crippen molar-refractivity contribution in [2.24, 2.45) is 0 Å². The van der Waals surface area contributed by atoms with Crippen LogP contribution in [0.5, 0.6) is 0 Å². The lowest BCUT2D eigenvalue weighted by Gasteiger charge is -2.10. The van der Waals surface area contributed by atoms with E-state index in [-0.39, 0.29) is 0 Å². The first-order valence-electron chi connectivity index (χ1n) is 4.55. The zero-order valence-corrected chi connectivity index (χ0v) is 9.57. The fourth-order valence-corrected chi connectivity index (χ4v) is 1.94. The van der Waals surface area contributed by atoms with Crippen molar-refractivity contribution in [2.45, 2.75) is 20.8 Å². The minimum Gasteiger partial charge on any atom is -0.299 e. The molecule has 1 rings (SSSR count). The smallest absolute Gasteiger partial charge is 0.126 e. The van der Waals surface area contributed by atoms with Gasteiger partial charge in [0.15, 0.2) is 0 Å². The number of benzene rings is 1. The van der Waals surface area contributed by atoms with E-state index in [0.717, 1.165) is 16.8 Å². The Balaban J connectivity index is 2.98. The molecule has 0 saturated heterocycles. The summed E-state index contributed by atoms with van der Waals surface area (Å²) in [5.74, 6) is 0.319. The molecule has 0 aliphatic rings. The highest BCUT2D eigenvalue weighted by Gasteiger charge is 2.03. The van der Waals surface area contributed by atoms with E-state index in [0.29, 0.717) is 5.75 Å². The van der Waals surface area contributed by atoms with Crippen molar-refractivity contribution in [1.82, 2.24) is 0 Å². The van der Waals surface area contributed by atoms with Crippen LogP contribution in [0.2, 0.25) is 0 Å². The number of hydrogen-bond donors (Lipinski definition) is 2. The number of aryl methyl sites for hydroxylation is 2. The first-order chi connectivity index (χ1) is 6.43. The van der Waals surface area contributed by atoms with Gasteiger partial charge in [0.2, 0.25) is 0 Å². The predicted octanol–water partition coefficient (Wildman–Crippen LogP) is 2.70. The molecule has 2 N–H and O–H groups in total. The maximum Gasteiger partial charge on any atom is 0.126 e. The van der Waals surface area contributed by atoms with Gasteiger partial charge in [0.05, 0.1) is 0 Å². The summed E-state index contributed by atoms with van der Waals surface area (Å²) in [5, 5.41) is 0. The highest BCUT2D eigenvalue weighted by Crippen LogP contribution is 2.15. The van der Waals surface area contributed by atoms with Crippen LogP contribution in [0.15, 0.2) is 18.2 Å². The Labute approximate surface area is 85.6 Å². The van der Waals surface area contributed by atoms with Gasteiger partial charge in [0, 0.05) is 11.4 Å². The summed E-state index contributed by atoms with van der Waals surface area (Å²) in [6.07, 6.45) is 0. The van der Waals surface area contributed by atoms with E-state index >= 15 is 0 Å². The average molecular weight is 212 g/mol. The van der Waals surface area contributed by atoms with E-state index in [1.807, 2.05) is 32.0 Å². The lowest BCUT2D eigenvalue weighted by Crippen LogP contribution is -2.12. The Kier molecular flexibility index (Phi) is 3.16. The van der Waals surface area contributed by atoms with Crippen LogP contribution < -0.4 is 4.72 Å². The Morgan fingerprint density at radius 3 is 2.21 bits per heavy atom. The highest BCUT2D eigenvalue weighted by molar-refractivity contribution is 7.93. The van der Waals surface area contributed by atoms with Crippen molar-refractivity contribution < 1.29 is 4.21 Å². The van der Waals surface area contributed by atoms with Crippen LogP contribution in [0.25, 0.3) is 0 Å². The second kappa shape index (κ2) is 4.00. The molecule has 0 aromatic heterocycles. The fraction of sp³-hybridized carbons (Fsp3) is 0.400. The summed E-state index contributed by atoms with van der Waals surface area (Å²) in [7, 11) is -2.66. The van der Waals surface area contributed by atoms with Crippen molar-refractivity contribution in [2.75, 3.05) is 10.5 Å². The monoisotopic (exact) mass is 212 g/mol. The molecule has 0 radical (unpaired) electrons. The number of nitrogens with one attached hydrogen (secondary N) is 2. The average Bonchev–Trinajstić information content (AvgIpc) is 2.01. The summed E-state index contributed by atoms with van der Waals surface area (Å²) < 4.78 is 21.7. The molecule has 0 spiro atoms. The standard InChI is InChI=1S/C10H16N2OS/c1-4-14(11,13)12-10-6-8(2)5-9(3)7-10/h5-7H,4H2,1-3H3,(H2,11,12,13). The van der Waals surface area contributed by atoms with Crippen LogP contribution in [-0.4, -0.2) is 9.96 Å². The largest absolute Gasteiger partial charge is 0.299 e. The van der Waals surface area contributed by atoms with Gasteiger partial charge in [-0.2, -0.15) is 0 Å². The van der Waals surface area contributed by atoms with Gasteiger partial charge in [-0.15, -0.1) is 0 Å². The topological polar surface area (TPSA) is 53.0 Å². The minimum absolute atomic E-state index is 0.319. The van der Waals surface area contributed by atoms with Crippen molar-refractivity contribution in [3.05, 3.63) is 29.3 Å². The second-order valence-electron chi connectivity index (χ2n) is 3.44. The summed E-state index contributed by atoms with van der Waals surface area (Å²) in [4.78, 5) is 0. The zero-order chi connectivity index (χ0) is 10.8. The van der Waals surface area contributed by atoms with Crippen LogP contribution in [0.3, 0.4) is 0 Å². The first kappa shape index (κ1) is 11.0. The van der Waals surface area contributed by atoms with Gasteiger partial charge in [0.1, 0.15) is 9.92 Å². The maximum absolute atomic E-state index is 11.5. The fourth-order valence-electron chi connectivity index (χ4n) is 1.30. The minimum atomic E-state index is -2.66. The van der Waals surface area contributed by atoms with Gasteiger partial charge < -0.3 is 0 Å². The van der Waals surface area contributed by atoms with Crippen molar-refractivity contribution in [3.63, 3.8) is 0 Å². The lowest BCUT2D eigenvalue weighted by atomic mass is 10.1. The number of hydrogen-bond acceptors (Lipinski definition) is 2. The molecular formula is C10H16N2OS. The molecule has 0 amide bonds. The Hall–Kier alpha value is -1.03. The van der Waals surface area contributed by atoms with E-state index in [4.69, 9.17) is 4.78 Å². The van der Waals surface area contributed by atoms with Gasteiger partial charge in [-0.25, -0.2) is 8.99 Å². The Bertz CT molecular complexity index is 403. The summed E-state index contributed by atoms with van der Waals surface area (Å²) in [6, 6.07) is 5.84. The molecule has 1 aromatic carbocycles. The van der Waals surface area contributed by atoms with E-state index in [2.05, 4.69) is 4.72 Å². The third kappa shape index (κ3) is 3.03. The van der Waals surface area contributed by atoms with E-state index < -0.39 is 9.92 Å². The number of rotatable bonds is 3. The van der Waals surface area contributed by atoms with Gasteiger partial charge in [0.25, 0.3) is 0 Å². The van der Waals surface area contributed by atoms with Gasteiger partial charge >= 0.3 is 0 Å². The van der Waals surface area contributed by atoms with Crippen LogP contribution in [0.1, 0.15) is 18.1 Å². The molecule has 14 heavy (non-hydrogen) atoms. The van der Waals surface area contributed by atoms with Crippen molar-refractivity contribution in [1.29, 1.82) is 4.78 Å². The molecule has 1 unspecified atom stereocenters. The van der Waals surface area contributed by atoms with Crippen LogP contribution in [0.4, 0.5) is 5.69 Å². The molecule has 0 bridgehead atoms. The maximum atomic E-state index is 11.5. The van der Waals surface area contributed by atoms with Crippen LogP contribution in [0, 0.1) is 18.6 Å². The van der Waals surface area contributed by atoms with E-state index in [9.17, 15) is 4.21 Å². The molecule has 0 fully saturated rings. The SMILES string of the molecule is CCS(=N)(=O)Nc1cc(C)cc(C)c1. The van der Waals surface area contributed by atoms with Crippen molar-refractivity contribution in [3.8, 4) is 0 Å². The molecule has 0 aliphatic carbocycles. The summed E-state index contributed by atoms with van der Waals surface area (Å²) in [5.41, 5.74) is 2.99. The molecule has 1 aromatic rings. The summed E-state index contributed by atoms with van der Waals surface area (Å²) in [6.45, 7) is 5.71. The number of anilines is 1. The molecule has 0 saturated carbocycles. The highest BCUT2D eigenvalue weighted by atomic mass is 32.2. The molecule has 0 heterocycles. The van der Waals surface area contributed by atoms with Gasteiger partial charge in [-0.1, -0.05) is 13.0 Å². The molecule has 0 aliphatic heterocycles. The molecule has 3 nitrogen and oxygen atoms in total. The molecule has 78 valence electrons. The zero-order valence-electron chi connectivity index (χ0n) is 8.76. The third-order valence-corrected chi connectivity index (χ3v) is 3.29. The molecule has 4 heteroatoms. The summed E-state index contributed by atoms with van der Waals surface area (Å²) >= 11 is 0. The second-order valence-corrected chi connectivity index (χ2v) is 5.57. The van der Waals surface area contributed by atoms with E-state index in [1.165, 1.54) is 0 Å². The van der Waals surface area contributed by atoms with Crippen LogP contribution >= 0.6 is 0 Å². The normalized spacial score (nSPS) is 14.8. The quantitative estimate of drug-likeness (QED) is 0.795. The Morgan fingerprint density at radius 2 is 1.79 bits per heavy atom. The van der Waals surface area contributed by atoms with Crippen LogP contribution in [-0.2, 0) is 9.92 Å².